The van der Waals surface area contributed by atoms with Crippen LogP contribution in [0.15, 0.2) is 10.2 Å². The molecule has 0 aliphatic carbocycles. The number of fused-ring (bicyclic) bond motifs is 1. The highest BCUT2D eigenvalue weighted by atomic mass is 32.2. The molecular formula is C15H21N3O4S2. The summed E-state index contributed by atoms with van der Waals surface area (Å²) in [5.74, 6) is 0.637. The highest BCUT2D eigenvalue weighted by Gasteiger charge is 2.23. The average molecular weight is 371 g/mol. The fourth-order valence-corrected chi connectivity index (χ4v) is 4.72. The Morgan fingerprint density at radius 2 is 1.96 bits per heavy atom. The second kappa shape index (κ2) is 6.45. The van der Waals surface area contributed by atoms with Crippen LogP contribution in [0, 0.1) is 0 Å². The first-order valence-electron chi connectivity index (χ1n) is 7.89. The van der Waals surface area contributed by atoms with Gasteiger partial charge in [0.15, 0.2) is 0 Å². The Hall–Kier alpha value is -1.45. The lowest BCUT2D eigenvalue weighted by molar-refractivity contribution is 0.238. The molecule has 9 heteroatoms. The van der Waals surface area contributed by atoms with Crippen molar-refractivity contribution in [3.63, 3.8) is 0 Å². The maximum absolute atomic E-state index is 12.7. The van der Waals surface area contributed by atoms with E-state index >= 15 is 0 Å². The number of piperidine rings is 1. The molecular weight excluding hydrogens is 350 g/mol. The molecule has 3 heterocycles. The first kappa shape index (κ1) is 17.4. The molecule has 2 aromatic heterocycles. The summed E-state index contributed by atoms with van der Waals surface area (Å²) in [6.07, 6.45) is 3.69. The fourth-order valence-electron chi connectivity index (χ4n) is 3.03. The number of thiophene rings is 1. The lowest BCUT2D eigenvalue weighted by Gasteiger charge is -2.28. The normalized spacial score (nSPS) is 17.4. The van der Waals surface area contributed by atoms with Crippen LogP contribution in [0.2, 0.25) is 0 Å². The lowest BCUT2D eigenvalue weighted by atomic mass is 10.1. The van der Waals surface area contributed by atoms with Crippen molar-refractivity contribution in [3.8, 4) is 0 Å². The molecule has 1 aliphatic rings. The van der Waals surface area contributed by atoms with E-state index in [9.17, 15) is 13.2 Å². The standard InChI is InChI=1S/C15H21N3O4S2/c1-10(22-24(3,20)21)11-9-23-13-12(11)16-15(17(2)14(13)19)18-7-5-4-6-8-18/h9-10H,4-8H2,1-3H3. The SMILES string of the molecule is CC(OS(C)(=O)=O)c1csc2c(=O)n(C)c(N3CCCCC3)nc12. The molecule has 0 amide bonds. The third-order valence-electron chi connectivity index (χ3n) is 4.20. The lowest BCUT2D eigenvalue weighted by Crippen LogP contribution is -2.35. The van der Waals surface area contributed by atoms with Crippen molar-refractivity contribution in [1.29, 1.82) is 0 Å². The van der Waals surface area contributed by atoms with Crippen molar-refractivity contribution in [2.45, 2.75) is 32.3 Å². The van der Waals surface area contributed by atoms with E-state index in [2.05, 4.69) is 4.90 Å². The molecule has 132 valence electrons. The summed E-state index contributed by atoms with van der Waals surface area (Å²) in [6, 6.07) is 0. The van der Waals surface area contributed by atoms with Crippen LogP contribution < -0.4 is 10.5 Å². The zero-order valence-corrected chi connectivity index (χ0v) is 15.6. The van der Waals surface area contributed by atoms with Gasteiger partial charge in [-0.1, -0.05) is 0 Å². The molecule has 7 nitrogen and oxygen atoms in total. The highest BCUT2D eigenvalue weighted by Crippen LogP contribution is 2.31. The van der Waals surface area contributed by atoms with Crippen LogP contribution in [-0.2, 0) is 21.3 Å². The van der Waals surface area contributed by atoms with Crippen LogP contribution in [0.25, 0.3) is 10.2 Å². The average Bonchev–Trinajstić information content (AvgIpc) is 2.94. The predicted octanol–water partition coefficient (Wildman–Crippen LogP) is 2.02. The van der Waals surface area contributed by atoms with Crippen LogP contribution in [0.4, 0.5) is 5.95 Å². The van der Waals surface area contributed by atoms with Gasteiger partial charge in [-0.15, -0.1) is 11.3 Å². The van der Waals surface area contributed by atoms with Gasteiger partial charge >= 0.3 is 0 Å². The van der Waals surface area contributed by atoms with Gasteiger partial charge in [-0.25, -0.2) is 4.98 Å². The molecule has 0 N–H and O–H groups in total. The van der Waals surface area contributed by atoms with E-state index in [1.54, 1.807) is 23.9 Å². The number of aromatic nitrogens is 2. The summed E-state index contributed by atoms with van der Waals surface area (Å²) >= 11 is 1.28. The van der Waals surface area contributed by atoms with Gasteiger partial charge < -0.3 is 4.90 Å². The van der Waals surface area contributed by atoms with E-state index in [1.807, 2.05) is 0 Å². The van der Waals surface area contributed by atoms with E-state index in [1.165, 1.54) is 17.8 Å². The smallest absolute Gasteiger partial charge is 0.272 e. The summed E-state index contributed by atoms with van der Waals surface area (Å²) in [4.78, 5) is 19.5. The number of rotatable bonds is 4. The van der Waals surface area contributed by atoms with Crippen molar-refractivity contribution < 1.29 is 12.6 Å². The molecule has 1 fully saturated rings. The zero-order valence-electron chi connectivity index (χ0n) is 14.0. The number of anilines is 1. The monoisotopic (exact) mass is 371 g/mol. The maximum atomic E-state index is 12.7. The molecule has 0 aromatic carbocycles. The Labute approximate surface area is 145 Å². The molecule has 2 aromatic rings. The highest BCUT2D eigenvalue weighted by molar-refractivity contribution is 7.86. The Bertz CT molecular complexity index is 911. The summed E-state index contributed by atoms with van der Waals surface area (Å²) in [6.45, 7) is 3.41. The molecule has 0 radical (unpaired) electrons. The van der Waals surface area contributed by atoms with Crippen LogP contribution in [0.1, 0.15) is 37.9 Å². The van der Waals surface area contributed by atoms with E-state index in [-0.39, 0.29) is 5.56 Å². The minimum absolute atomic E-state index is 0.108. The van der Waals surface area contributed by atoms with Gasteiger partial charge in [-0.2, -0.15) is 8.42 Å². The summed E-state index contributed by atoms with van der Waals surface area (Å²) < 4.78 is 30.0. The summed E-state index contributed by atoms with van der Waals surface area (Å²) in [5, 5.41) is 1.76. The van der Waals surface area contributed by atoms with E-state index < -0.39 is 16.2 Å². The zero-order chi connectivity index (χ0) is 17.5. The van der Waals surface area contributed by atoms with Gasteiger partial charge in [0.1, 0.15) is 10.8 Å². The molecule has 1 saturated heterocycles. The number of hydrogen-bond donors (Lipinski definition) is 0. The van der Waals surface area contributed by atoms with Crippen LogP contribution in [0.3, 0.4) is 0 Å². The van der Waals surface area contributed by atoms with E-state index in [4.69, 9.17) is 9.17 Å². The van der Waals surface area contributed by atoms with Gasteiger partial charge in [0.2, 0.25) is 5.95 Å². The minimum atomic E-state index is -3.58. The van der Waals surface area contributed by atoms with Gasteiger partial charge in [-0.3, -0.25) is 13.5 Å². The predicted molar refractivity (Wildman–Crippen MR) is 95.3 cm³/mol. The quantitative estimate of drug-likeness (QED) is 0.765. The second-order valence-electron chi connectivity index (χ2n) is 6.14. The molecule has 0 spiro atoms. The molecule has 1 aliphatic heterocycles. The molecule has 3 rings (SSSR count). The van der Waals surface area contributed by atoms with Crippen molar-refractivity contribution in [1.82, 2.24) is 9.55 Å². The van der Waals surface area contributed by atoms with Crippen molar-refractivity contribution in [2.75, 3.05) is 24.2 Å². The Morgan fingerprint density at radius 3 is 2.58 bits per heavy atom. The number of hydrogen-bond acceptors (Lipinski definition) is 7. The van der Waals surface area contributed by atoms with Crippen LogP contribution in [-0.4, -0.2) is 37.3 Å². The summed E-state index contributed by atoms with van der Waals surface area (Å²) in [5.41, 5.74) is 1.07. The first-order valence-corrected chi connectivity index (χ1v) is 10.6. The van der Waals surface area contributed by atoms with Gasteiger partial charge in [0.25, 0.3) is 15.7 Å². The van der Waals surface area contributed by atoms with Crippen molar-refractivity contribution in [3.05, 3.63) is 21.3 Å². The topological polar surface area (TPSA) is 81.5 Å². The Balaban J connectivity index is 2.10. The third-order valence-corrected chi connectivity index (χ3v) is 5.81. The number of nitrogens with zero attached hydrogens (tertiary/aromatic N) is 3. The van der Waals surface area contributed by atoms with Crippen molar-refractivity contribution >= 4 is 37.6 Å². The Morgan fingerprint density at radius 1 is 1.29 bits per heavy atom. The molecule has 1 unspecified atom stereocenters. The molecule has 0 saturated carbocycles. The van der Waals surface area contributed by atoms with Gasteiger partial charge in [-0.05, 0) is 31.6 Å². The van der Waals surface area contributed by atoms with Gasteiger partial charge in [0, 0.05) is 25.7 Å². The van der Waals surface area contributed by atoms with Crippen molar-refractivity contribution in [2.24, 2.45) is 7.05 Å². The van der Waals surface area contributed by atoms with Gasteiger partial charge in [0.05, 0.1) is 11.8 Å². The van der Waals surface area contributed by atoms with E-state index in [0.29, 0.717) is 21.7 Å². The minimum Gasteiger partial charge on any atom is -0.342 e. The summed E-state index contributed by atoms with van der Waals surface area (Å²) in [7, 11) is -1.85. The first-order chi connectivity index (χ1) is 11.3. The molecule has 0 bridgehead atoms. The second-order valence-corrected chi connectivity index (χ2v) is 8.62. The van der Waals surface area contributed by atoms with Crippen LogP contribution >= 0.6 is 11.3 Å². The molecule has 24 heavy (non-hydrogen) atoms. The van der Waals surface area contributed by atoms with E-state index in [0.717, 1.165) is 32.2 Å². The Kier molecular flexibility index (Phi) is 4.67. The third kappa shape index (κ3) is 3.33. The maximum Gasteiger partial charge on any atom is 0.272 e. The fraction of sp³-hybridized carbons (Fsp3) is 0.600. The largest absolute Gasteiger partial charge is 0.342 e. The van der Waals surface area contributed by atoms with Crippen LogP contribution in [0.5, 0.6) is 0 Å². The molecule has 1 atom stereocenters.